The molecule has 0 aliphatic carbocycles. The molecule has 0 saturated carbocycles. The van der Waals surface area contributed by atoms with Crippen LogP contribution in [0.4, 0.5) is 5.69 Å². The Bertz CT molecular complexity index is 778. The first-order valence-electron chi connectivity index (χ1n) is 6.96. The Morgan fingerprint density at radius 3 is 2.81 bits per heavy atom. The van der Waals surface area contributed by atoms with Crippen molar-refractivity contribution in [2.24, 2.45) is 0 Å². The van der Waals surface area contributed by atoms with E-state index in [1.165, 1.54) is 0 Å². The van der Waals surface area contributed by atoms with Crippen LogP contribution in [0.15, 0.2) is 48.7 Å². The topological polar surface area (TPSA) is 60.4 Å². The summed E-state index contributed by atoms with van der Waals surface area (Å²) < 4.78 is 7.94. The zero-order valence-electron chi connectivity index (χ0n) is 11.9. The molecule has 21 heavy (non-hydrogen) atoms. The number of ether oxygens (including phenoxy) is 1. The molecule has 2 aromatic carbocycles. The van der Waals surface area contributed by atoms with Gasteiger partial charge in [-0.25, -0.2) is 0 Å². The molecule has 0 spiro atoms. The standard InChI is InChI=1S/C17H18N2O2/c1-2-19-10-12(16-8-13(18)6-7-17(16)19)11-21-15-5-3-4-14(20)9-15/h3-10,20H,2,11,18H2,1H3. The van der Waals surface area contributed by atoms with E-state index in [2.05, 4.69) is 17.7 Å². The van der Waals surface area contributed by atoms with Gasteiger partial charge in [0, 0.05) is 41.0 Å². The van der Waals surface area contributed by atoms with Gasteiger partial charge in [-0.3, -0.25) is 0 Å². The first-order chi connectivity index (χ1) is 10.2. The molecule has 0 aliphatic heterocycles. The van der Waals surface area contributed by atoms with Gasteiger partial charge in [-0.05, 0) is 37.3 Å². The van der Waals surface area contributed by atoms with Gasteiger partial charge >= 0.3 is 0 Å². The normalized spacial score (nSPS) is 10.9. The zero-order valence-corrected chi connectivity index (χ0v) is 11.9. The van der Waals surface area contributed by atoms with E-state index in [4.69, 9.17) is 10.5 Å². The maximum atomic E-state index is 9.46. The van der Waals surface area contributed by atoms with E-state index in [9.17, 15) is 5.11 Å². The molecule has 0 fully saturated rings. The van der Waals surface area contributed by atoms with Crippen molar-refractivity contribution in [3.63, 3.8) is 0 Å². The molecule has 3 N–H and O–H groups in total. The maximum absolute atomic E-state index is 9.46. The number of phenolic OH excluding ortho intramolecular Hbond substituents is 1. The molecule has 1 heterocycles. The van der Waals surface area contributed by atoms with E-state index in [-0.39, 0.29) is 5.75 Å². The quantitative estimate of drug-likeness (QED) is 0.720. The number of aryl methyl sites for hydroxylation is 1. The van der Waals surface area contributed by atoms with E-state index >= 15 is 0 Å². The highest BCUT2D eigenvalue weighted by Crippen LogP contribution is 2.26. The fourth-order valence-corrected chi connectivity index (χ4v) is 2.50. The molecule has 0 atom stereocenters. The third kappa shape index (κ3) is 2.65. The Morgan fingerprint density at radius 2 is 2.05 bits per heavy atom. The van der Waals surface area contributed by atoms with E-state index < -0.39 is 0 Å². The van der Waals surface area contributed by atoms with Crippen LogP contribution in [0.25, 0.3) is 10.9 Å². The molecule has 4 nitrogen and oxygen atoms in total. The lowest BCUT2D eigenvalue weighted by Crippen LogP contribution is -1.95. The van der Waals surface area contributed by atoms with Crippen molar-refractivity contribution >= 4 is 16.6 Å². The summed E-state index contributed by atoms with van der Waals surface area (Å²) in [5, 5.41) is 10.6. The predicted molar refractivity (Wildman–Crippen MR) is 84.5 cm³/mol. The van der Waals surface area contributed by atoms with Crippen LogP contribution >= 0.6 is 0 Å². The van der Waals surface area contributed by atoms with Crippen molar-refractivity contribution in [2.45, 2.75) is 20.1 Å². The molecule has 0 saturated heterocycles. The minimum atomic E-state index is 0.202. The van der Waals surface area contributed by atoms with E-state index in [1.807, 2.05) is 24.3 Å². The van der Waals surface area contributed by atoms with Gasteiger partial charge in [-0.15, -0.1) is 0 Å². The third-order valence-electron chi connectivity index (χ3n) is 3.54. The minimum Gasteiger partial charge on any atom is -0.508 e. The highest BCUT2D eigenvalue weighted by atomic mass is 16.5. The average molecular weight is 282 g/mol. The van der Waals surface area contributed by atoms with Gasteiger partial charge in [0.2, 0.25) is 0 Å². The number of rotatable bonds is 4. The average Bonchev–Trinajstić information content (AvgIpc) is 2.82. The summed E-state index contributed by atoms with van der Waals surface area (Å²) in [5.74, 6) is 0.851. The summed E-state index contributed by atoms with van der Waals surface area (Å²) in [5.41, 5.74) is 8.87. The van der Waals surface area contributed by atoms with Gasteiger partial charge < -0.3 is 20.1 Å². The Kier molecular flexibility index (Phi) is 3.44. The van der Waals surface area contributed by atoms with E-state index in [1.54, 1.807) is 18.2 Å². The number of aromatic nitrogens is 1. The molecule has 3 aromatic rings. The van der Waals surface area contributed by atoms with Gasteiger partial charge in [-0.2, -0.15) is 0 Å². The smallest absolute Gasteiger partial charge is 0.123 e. The number of aromatic hydroxyl groups is 1. The molecular weight excluding hydrogens is 264 g/mol. The molecule has 4 heteroatoms. The van der Waals surface area contributed by atoms with Crippen LogP contribution in [-0.2, 0) is 13.2 Å². The molecule has 1 aromatic heterocycles. The fourth-order valence-electron chi connectivity index (χ4n) is 2.50. The second kappa shape index (κ2) is 5.40. The zero-order chi connectivity index (χ0) is 14.8. The van der Waals surface area contributed by atoms with Crippen LogP contribution in [0, 0.1) is 0 Å². The molecule has 0 aliphatic rings. The van der Waals surface area contributed by atoms with Crippen molar-refractivity contribution in [2.75, 3.05) is 5.73 Å². The third-order valence-corrected chi connectivity index (χ3v) is 3.54. The Balaban J connectivity index is 1.91. The highest BCUT2D eigenvalue weighted by molar-refractivity contribution is 5.86. The van der Waals surface area contributed by atoms with Gasteiger partial charge in [0.05, 0.1) is 0 Å². The van der Waals surface area contributed by atoms with Crippen LogP contribution in [-0.4, -0.2) is 9.67 Å². The van der Waals surface area contributed by atoms with Crippen molar-refractivity contribution in [1.29, 1.82) is 0 Å². The van der Waals surface area contributed by atoms with Crippen molar-refractivity contribution < 1.29 is 9.84 Å². The van der Waals surface area contributed by atoms with Gasteiger partial charge in [-0.1, -0.05) is 6.07 Å². The number of benzene rings is 2. The lowest BCUT2D eigenvalue weighted by Gasteiger charge is -2.05. The van der Waals surface area contributed by atoms with Crippen LogP contribution < -0.4 is 10.5 Å². The van der Waals surface area contributed by atoms with Crippen molar-refractivity contribution in [3.8, 4) is 11.5 Å². The Morgan fingerprint density at radius 1 is 1.19 bits per heavy atom. The number of anilines is 1. The second-order valence-electron chi connectivity index (χ2n) is 5.00. The first-order valence-corrected chi connectivity index (χ1v) is 6.96. The lowest BCUT2D eigenvalue weighted by atomic mass is 10.1. The van der Waals surface area contributed by atoms with Gasteiger partial charge in [0.15, 0.2) is 0 Å². The molecule has 0 bridgehead atoms. The fraction of sp³-hybridized carbons (Fsp3) is 0.176. The monoisotopic (exact) mass is 282 g/mol. The van der Waals surface area contributed by atoms with E-state index in [0.29, 0.717) is 12.4 Å². The molecular formula is C17H18N2O2. The second-order valence-corrected chi connectivity index (χ2v) is 5.00. The highest BCUT2D eigenvalue weighted by Gasteiger charge is 2.09. The summed E-state index contributed by atoms with van der Waals surface area (Å²) in [6.07, 6.45) is 2.09. The summed E-state index contributed by atoms with van der Waals surface area (Å²) >= 11 is 0. The van der Waals surface area contributed by atoms with Crippen LogP contribution in [0.5, 0.6) is 11.5 Å². The Labute approximate surface area is 123 Å². The SMILES string of the molecule is CCn1cc(COc2cccc(O)c2)c2cc(N)ccc21. The largest absolute Gasteiger partial charge is 0.508 e. The maximum Gasteiger partial charge on any atom is 0.123 e. The molecule has 3 rings (SSSR count). The molecule has 0 radical (unpaired) electrons. The van der Waals surface area contributed by atoms with Crippen molar-refractivity contribution in [3.05, 3.63) is 54.2 Å². The van der Waals surface area contributed by atoms with Crippen LogP contribution in [0.1, 0.15) is 12.5 Å². The minimum absolute atomic E-state index is 0.202. The summed E-state index contributed by atoms with van der Waals surface area (Å²) in [6, 6.07) is 12.7. The number of phenols is 1. The number of nitrogen functional groups attached to an aromatic ring is 1. The van der Waals surface area contributed by atoms with Crippen molar-refractivity contribution in [1.82, 2.24) is 4.57 Å². The number of nitrogens with two attached hydrogens (primary N) is 1. The number of hydrogen-bond donors (Lipinski definition) is 2. The molecule has 108 valence electrons. The number of nitrogens with zero attached hydrogens (tertiary/aromatic N) is 1. The number of fused-ring (bicyclic) bond motifs is 1. The first kappa shape index (κ1) is 13.4. The summed E-state index contributed by atoms with van der Waals surface area (Å²) in [6.45, 7) is 3.44. The van der Waals surface area contributed by atoms with Crippen LogP contribution in [0.3, 0.4) is 0 Å². The summed E-state index contributed by atoms with van der Waals surface area (Å²) in [7, 11) is 0. The number of hydrogen-bond acceptors (Lipinski definition) is 3. The van der Waals surface area contributed by atoms with Gasteiger partial charge in [0.25, 0.3) is 0 Å². The molecule has 0 unspecified atom stereocenters. The van der Waals surface area contributed by atoms with Gasteiger partial charge in [0.1, 0.15) is 18.1 Å². The van der Waals surface area contributed by atoms with Crippen LogP contribution in [0.2, 0.25) is 0 Å². The Hall–Kier alpha value is -2.62. The van der Waals surface area contributed by atoms with E-state index in [0.717, 1.165) is 28.7 Å². The lowest BCUT2D eigenvalue weighted by molar-refractivity contribution is 0.305. The summed E-state index contributed by atoms with van der Waals surface area (Å²) in [4.78, 5) is 0. The molecule has 0 amide bonds. The predicted octanol–water partition coefficient (Wildman–Crippen LogP) is 3.53.